The molecule has 0 N–H and O–H groups in total. The maximum Gasteiger partial charge on any atom is 0.344 e. The van der Waals surface area contributed by atoms with Crippen molar-refractivity contribution in [3.63, 3.8) is 0 Å². The third kappa shape index (κ3) is 4.98. The molecule has 0 unspecified atom stereocenters. The fourth-order valence-electron chi connectivity index (χ4n) is 1.93. The molecule has 0 aliphatic carbocycles. The van der Waals surface area contributed by atoms with E-state index in [1.54, 1.807) is 6.07 Å². The fraction of sp³-hybridized carbons (Fsp3) is 0.235. The van der Waals surface area contributed by atoms with Crippen molar-refractivity contribution < 1.29 is 23.9 Å². The summed E-state index contributed by atoms with van der Waals surface area (Å²) in [7, 11) is 0. The van der Waals surface area contributed by atoms with Crippen molar-refractivity contribution in [1.29, 1.82) is 0 Å². The van der Waals surface area contributed by atoms with E-state index in [0.717, 1.165) is 11.3 Å². The SMILES string of the molecule is Cc1ccccc1OCCOC(=O)COc1ccccc1[N+](=O)[O-]. The molecule has 7 heteroatoms. The van der Waals surface area contributed by atoms with Crippen LogP contribution in [-0.2, 0) is 9.53 Å². The summed E-state index contributed by atoms with van der Waals surface area (Å²) in [6.07, 6.45) is 0. The predicted octanol–water partition coefficient (Wildman–Crippen LogP) is 2.90. The van der Waals surface area contributed by atoms with Crippen LogP contribution in [0.1, 0.15) is 5.56 Å². The number of hydrogen-bond donors (Lipinski definition) is 0. The molecule has 0 amide bonds. The summed E-state index contributed by atoms with van der Waals surface area (Å²) in [5.41, 5.74) is 0.789. The summed E-state index contributed by atoms with van der Waals surface area (Å²) < 4.78 is 15.6. The van der Waals surface area contributed by atoms with Crippen LogP contribution in [0.25, 0.3) is 0 Å². The lowest BCUT2D eigenvalue weighted by molar-refractivity contribution is -0.385. The van der Waals surface area contributed by atoms with E-state index in [2.05, 4.69) is 0 Å². The van der Waals surface area contributed by atoms with Gasteiger partial charge in [0, 0.05) is 6.07 Å². The molecule has 0 fully saturated rings. The fourth-order valence-corrected chi connectivity index (χ4v) is 1.93. The number of carbonyl (C=O) groups is 1. The molecule has 0 bridgehead atoms. The Bertz CT molecular complexity index is 716. The molecule has 0 saturated carbocycles. The van der Waals surface area contributed by atoms with Crippen LogP contribution in [0.5, 0.6) is 11.5 Å². The molecule has 0 spiro atoms. The van der Waals surface area contributed by atoms with Gasteiger partial charge in [-0.3, -0.25) is 10.1 Å². The molecule has 0 aromatic heterocycles. The first-order chi connectivity index (χ1) is 11.6. The summed E-state index contributed by atoms with van der Waals surface area (Å²) in [5, 5.41) is 10.8. The van der Waals surface area contributed by atoms with E-state index in [-0.39, 0.29) is 24.7 Å². The standard InChI is InChI=1S/C17H17NO6/c1-13-6-2-4-8-15(13)22-10-11-23-17(19)12-24-16-9-5-3-7-14(16)18(20)21/h2-9H,10-12H2,1H3. The second-order valence-corrected chi connectivity index (χ2v) is 4.85. The van der Waals surface area contributed by atoms with Crippen molar-refractivity contribution in [3.05, 3.63) is 64.2 Å². The zero-order valence-corrected chi connectivity index (χ0v) is 13.1. The second-order valence-electron chi connectivity index (χ2n) is 4.85. The number of aryl methyl sites for hydroxylation is 1. The summed E-state index contributed by atoms with van der Waals surface area (Å²) in [4.78, 5) is 21.9. The molecule has 126 valence electrons. The largest absolute Gasteiger partial charge is 0.490 e. The van der Waals surface area contributed by atoms with Gasteiger partial charge in [-0.2, -0.15) is 0 Å². The van der Waals surface area contributed by atoms with Crippen molar-refractivity contribution >= 4 is 11.7 Å². The van der Waals surface area contributed by atoms with Crippen LogP contribution in [0, 0.1) is 17.0 Å². The number of carbonyl (C=O) groups excluding carboxylic acids is 1. The van der Waals surface area contributed by atoms with Gasteiger partial charge in [-0.05, 0) is 24.6 Å². The first-order valence-electron chi connectivity index (χ1n) is 7.28. The lowest BCUT2D eigenvalue weighted by Gasteiger charge is -2.10. The lowest BCUT2D eigenvalue weighted by atomic mass is 10.2. The number of nitro benzene ring substituents is 1. The number of esters is 1. The van der Waals surface area contributed by atoms with Crippen molar-refractivity contribution in [2.24, 2.45) is 0 Å². The van der Waals surface area contributed by atoms with Gasteiger partial charge in [-0.1, -0.05) is 30.3 Å². The van der Waals surface area contributed by atoms with Gasteiger partial charge in [-0.15, -0.1) is 0 Å². The Morgan fingerprint density at radius 1 is 1.00 bits per heavy atom. The minimum absolute atomic E-state index is 0.0237. The Labute approximate surface area is 138 Å². The Morgan fingerprint density at radius 2 is 1.67 bits per heavy atom. The Kier molecular flexibility index (Phi) is 6.13. The van der Waals surface area contributed by atoms with Gasteiger partial charge in [0.1, 0.15) is 19.0 Å². The molecule has 2 aromatic rings. The van der Waals surface area contributed by atoms with Crippen molar-refractivity contribution in [2.75, 3.05) is 19.8 Å². The quantitative estimate of drug-likeness (QED) is 0.320. The van der Waals surface area contributed by atoms with Gasteiger partial charge >= 0.3 is 11.7 Å². The zero-order chi connectivity index (χ0) is 17.4. The van der Waals surface area contributed by atoms with Crippen molar-refractivity contribution in [2.45, 2.75) is 6.92 Å². The molecular formula is C17H17NO6. The smallest absolute Gasteiger partial charge is 0.344 e. The topological polar surface area (TPSA) is 87.9 Å². The third-order valence-corrected chi connectivity index (χ3v) is 3.11. The van der Waals surface area contributed by atoms with E-state index in [4.69, 9.17) is 14.2 Å². The van der Waals surface area contributed by atoms with Gasteiger partial charge in [0.05, 0.1) is 4.92 Å². The molecule has 0 aliphatic heterocycles. The molecular weight excluding hydrogens is 314 g/mol. The van der Waals surface area contributed by atoms with Crippen LogP contribution in [0.3, 0.4) is 0 Å². The van der Waals surface area contributed by atoms with Gasteiger partial charge in [-0.25, -0.2) is 4.79 Å². The number of nitro groups is 1. The van der Waals surface area contributed by atoms with Crippen LogP contribution < -0.4 is 9.47 Å². The monoisotopic (exact) mass is 331 g/mol. The summed E-state index contributed by atoms with van der Waals surface area (Å²) in [5.74, 6) is 0.127. The Morgan fingerprint density at radius 3 is 2.38 bits per heavy atom. The minimum atomic E-state index is -0.624. The Balaban J connectivity index is 1.73. The van der Waals surface area contributed by atoms with E-state index >= 15 is 0 Å². The van der Waals surface area contributed by atoms with E-state index < -0.39 is 17.5 Å². The Hall–Kier alpha value is -3.09. The first-order valence-corrected chi connectivity index (χ1v) is 7.28. The van der Waals surface area contributed by atoms with Gasteiger partial charge in [0.15, 0.2) is 12.4 Å². The van der Waals surface area contributed by atoms with Crippen LogP contribution >= 0.6 is 0 Å². The molecule has 2 rings (SSSR count). The molecule has 7 nitrogen and oxygen atoms in total. The highest BCUT2D eigenvalue weighted by molar-refractivity contribution is 5.71. The van der Waals surface area contributed by atoms with Gasteiger partial charge in [0.25, 0.3) is 0 Å². The van der Waals surface area contributed by atoms with E-state index in [9.17, 15) is 14.9 Å². The maximum atomic E-state index is 11.6. The highest BCUT2D eigenvalue weighted by Gasteiger charge is 2.15. The highest BCUT2D eigenvalue weighted by Crippen LogP contribution is 2.25. The van der Waals surface area contributed by atoms with E-state index in [1.807, 2.05) is 31.2 Å². The number of benzene rings is 2. The number of nitrogens with zero attached hydrogens (tertiary/aromatic N) is 1. The number of para-hydroxylation sites is 3. The molecule has 0 saturated heterocycles. The average molecular weight is 331 g/mol. The van der Waals surface area contributed by atoms with Crippen LogP contribution in [0.4, 0.5) is 5.69 Å². The van der Waals surface area contributed by atoms with E-state index in [1.165, 1.54) is 18.2 Å². The predicted molar refractivity (Wildman–Crippen MR) is 86.2 cm³/mol. The summed E-state index contributed by atoms with van der Waals surface area (Å²) in [6, 6.07) is 13.3. The second kappa shape index (κ2) is 8.52. The molecule has 2 aromatic carbocycles. The molecule has 0 radical (unpaired) electrons. The van der Waals surface area contributed by atoms with Crippen LogP contribution in [0.2, 0.25) is 0 Å². The number of rotatable bonds is 8. The first kappa shape index (κ1) is 17.3. The van der Waals surface area contributed by atoms with Crippen molar-refractivity contribution in [1.82, 2.24) is 0 Å². The van der Waals surface area contributed by atoms with Gasteiger partial charge < -0.3 is 14.2 Å². The molecule has 0 atom stereocenters. The zero-order valence-electron chi connectivity index (χ0n) is 13.1. The van der Waals surface area contributed by atoms with Gasteiger partial charge in [0.2, 0.25) is 0 Å². The highest BCUT2D eigenvalue weighted by atomic mass is 16.6. The van der Waals surface area contributed by atoms with Crippen LogP contribution in [-0.4, -0.2) is 30.7 Å². The van der Waals surface area contributed by atoms with Crippen molar-refractivity contribution in [3.8, 4) is 11.5 Å². The van der Waals surface area contributed by atoms with E-state index in [0.29, 0.717) is 0 Å². The number of ether oxygens (including phenoxy) is 3. The molecule has 0 aliphatic rings. The maximum absolute atomic E-state index is 11.6. The molecule has 0 heterocycles. The summed E-state index contributed by atoms with van der Waals surface area (Å²) >= 11 is 0. The summed E-state index contributed by atoms with van der Waals surface area (Å²) in [6.45, 7) is 1.78. The average Bonchev–Trinajstić information content (AvgIpc) is 2.58. The van der Waals surface area contributed by atoms with Crippen LogP contribution in [0.15, 0.2) is 48.5 Å². The normalized spacial score (nSPS) is 10.0. The molecule has 24 heavy (non-hydrogen) atoms. The third-order valence-electron chi connectivity index (χ3n) is 3.11. The minimum Gasteiger partial charge on any atom is -0.490 e. The lowest BCUT2D eigenvalue weighted by Crippen LogP contribution is -2.18. The number of hydrogen-bond acceptors (Lipinski definition) is 6.